The van der Waals surface area contributed by atoms with E-state index >= 15 is 0 Å². The van der Waals surface area contributed by atoms with Crippen LogP contribution in [0.5, 0.6) is 5.75 Å². The highest BCUT2D eigenvalue weighted by atomic mass is 32.2. The van der Waals surface area contributed by atoms with Gasteiger partial charge in [0.2, 0.25) is 5.16 Å². The minimum Gasteiger partial charge on any atom is -0.494 e. The van der Waals surface area contributed by atoms with Gasteiger partial charge in [0.25, 0.3) is 0 Å². The van der Waals surface area contributed by atoms with Gasteiger partial charge in [-0.05, 0) is 48.7 Å². The van der Waals surface area contributed by atoms with Crippen LogP contribution >= 0.6 is 11.8 Å². The Labute approximate surface area is 164 Å². The summed E-state index contributed by atoms with van der Waals surface area (Å²) in [6, 6.07) is 16.4. The molecule has 0 aliphatic heterocycles. The van der Waals surface area contributed by atoms with Gasteiger partial charge >= 0.3 is 0 Å². The van der Waals surface area contributed by atoms with Crippen molar-refractivity contribution in [3.05, 3.63) is 71.5 Å². The maximum atomic E-state index is 5.68. The highest BCUT2D eigenvalue weighted by molar-refractivity contribution is 7.98. The lowest BCUT2D eigenvalue weighted by Gasteiger charge is -2.05. The zero-order valence-electron chi connectivity index (χ0n) is 15.7. The maximum absolute atomic E-state index is 5.68. The molecule has 0 radical (unpaired) electrons. The largest absolute Gasteiger partial charge is 0.494 e. The molecule has 3 aromatic rings. The lowest BCUT2D eigenvalue weighted by molar-refractivity contribution is 0.309. The Morgan fingerprint density at radius 3 is 2.63 bits per heavy atom. The van der Waals surface area contributed by atoms with Gasteiger partial charge in [-0.2, -0.15) is 9.78 Å². The van der Waals surface area contributed by atoms with Crippen molar-refractivity contribution in [2.45, 2.75) is 37.6 Å². The van der Waals surface area contributed by atoms with Crippen LogP contribution in [0, 0.1) is 6.92 Å². The summed E-state index contributed by atoms with van der Waals surface area (Å²) in [5, 5.41) is 13.4. The zero-order chi connectivity index (χ0) is 18.9. The molecule has 5 nitrogen and oxygen atoms in total. The Hall–Kier alpha value is -2.60. The molecule has 0 saturated heterocycles. The van der Waals surface area contributed by atoms with E-state index < -0.39 is 0 Å². The van der Waals surface area contributed by atoms with Crippen LogP contribution in [0.3, 0.4) is 0 Å². The van der Waals surface area contributed by atoms with Crippen LogP contribution in [-0.4, -0.2) is 27.7 Å². The van der Waals surface area contributed by atoms with Crippen molar-refractivity contribution in [2.75, 3.05) is 6.61 Å². The van der Waals surface area contributed by atoms with Gasteiger partial charge in [-0.25, -0.2) is 0 Å². The quantitative estimate of drug-likeness (QED) is 0.300. The van der Waals surface area contributed by atoms with Gasteiger partial charge in [-0.15, -0.1) is 10.2 Å². The number of thioether (sulfide) groups is 1. The van der Waals surface area contributed by atoms with Crippen LogP contribution in [0.4, 0.5) is 0 Å². The fourth-order valence-corrected chi connectivity index (χ4v) is 3.16. The second-order valence-corrected chi connectivity index (χ2v) is 7.19. The first-order valence-corrected chi connectivity index (χ1v) is 10.1. The molecule has 0 spiro atoms. The zero-order valence-corrected chi connectivity index (χ0v) is 16.5. The van der Waals surface area contributed by atoms with Gasteiger partial charge in [0.15, 0.2) is 0 Å². The normalized spacial score (nSPS) is 11.2. The van der Waals surface area contributed by atoms with Gasteiger partial charge in [-0.1, -0.05) is 54.9 Å². The standard InChI is InChI=1S/C21H24N4OS/c1-3-4-13-26-20-11-9-18(10-12-20)14-23-25-16-22-24-21(25)27-15-19-7-5-17(2)6-8-19/h5-12,14,16H,3-4,13,15H2,1-2H3/b23-14+. The van der Waals surface area contributed by atoms with Crippen LogP contribution in [0.1, 0.15) is 36.5 Å². The van der Waals surface area contributed by atoms with E-state index in [9.17, 15) is 0 Å². The van der Waals surface area contributed by atoms with Gasteiger partial charge in [0, 0.05) is 5.75 Å². The molecule has 6 heteroatoms. The van der Waals surface area contributed by atoms with Crippen LogP contribution in [0.15, 0.2) is 65.1 Å². The Balaban J connectivity index is 1.57. The third kappa shape index (κ3) is 5.96. The van der Waals surface area contributed by atoms with Crippen molar-refractivity contribution in [3.63, 3.8) is 0 Å². The number of nitrogens with zero attached hydrogens (tertiary/aromatic N) is 4. The number of aryl methyl sites for hydroxylation is 1. The minimum atomic E-state index is 0.756. The number of benzene rings is 2. The molecule has 140 valence electrons. The van der Waals surface area contributed by atoms with Crippen molar-refractivity contribution in [1.29, 1.82) is 0 Å². The highest BCUT2D eigenvalue weighted by Gasteiger charge is 2.04. The minimum absolute atomic E-state index is 0.756. The monoisotopic (exact) mass is 380 g/mol. The first kappa shape index (κ1) is 19.2. The van der Waals surface area contributed by atoms with Gasteiger partial charge in [-0.3, -0.25) is 0 Å². The summed E-state index contributed by atoms with van der Waals surface area (Å²) in [5.74, 6) is 1.72. The topological polar surface area (TPSA) is 52.3 Å². The number of unbranched alkanes of at least 4 members (excludes halogenated alkanes) is 1. The maximum Gasteiger partial charge on any atom is 0.212 e. The smallest absolute Gasteiger partial charge is 0.212 e. The molecule has 1 aromatic heterocycles. The molecule has 0 N–H and O–H groups in total. The van der Waals surface area contributed by atoms with E-state index in [0.717, 1.165) is 41.7 Å². The molecule has 0 fully saturated rings. The Kier molecular flexibility index (Phi) is 7.04. The van der Waals surface area contributed by atoms with E-state index in [4.69, 9.17) is 4.74 Å². The molecule has 0 atom stereocenters. The predicted molar refractivity (Wildman–Crippen MR) is 111 cm³/mol. The van der Waals surface area contributed by atoms with Crippen molar-refractivity contribution in [3.8, 4) is 5.75 Å². The average molecular weight is 381 g/mol. The Morgan fingerprint density at radius 2 is 1.89 bits per heavy atom. The molecule has 1 heterocycles. The fraction of sp³-hybridized carbons (Fsp3) is 0.286. The number of ether oxygens (including phenoxy) is 1. The fourth-order valence-electron chi connectivity index (χ4n) is 2.34. The second kappa shape index (κ2) is 9.92. The number of rotatable bonds is 9. The summed E-state index contributed by atoms with van der Waals surface area (Å²) in [6.45, 7) is 5.00. The lowest BCUT2D eigenvalue weighted by Crippen LogP contribution is -1.96. The van der Waals surface area contributed by atoms with Gasteiger partial charge in [0.05, 0.1) is 12.8 Å². The van der Waals surface area contributed by atoms with E-state index in [-0.39, 0.29) is 0 Å². The first-order chi connectivity index (χ1) is 13.2. The van der Waals surface area contributed by atoms with Gasteiger partial charge in [0.1, 0.15) is 12.1 Å². The van der Waals surface area contributed by atoms with Crippen LogP contribution < -0.4 is 4.74 Å². The van der Waals surface area contributed by atoms with E-state index in [1.54, 1.807) is 29.0 Å². The second-order valence-electron chi connectivity index (χ2n) is 6.25. The van der Waals surface area contributed by atoms with Crippen molar-refractivity contribution < 1.29 is 4.74 Å². The average Bonchev–Trinajstić information content (AvgIpc) is 3.14. The third-order valence-electron chi connectivity index (χ3n) is 3.97. The Morgan fingerprint density at radius 1 is 1.11 bits per heavy atom. The molecule has 0 bridgehead atoms. The van der Waals surface area contributed by atoms with Gasteiger partial charge < -0.3 is 4.74 Å². The number of aromatic nitrogens is 3. The summed E-state index contributed by atoms with van der Waals surface area (Å²) in [7, 11) is 0. The van der Waals surface area contributed by atoms with E-state index in [2.05, 4.69) is 53.4 Å². The molecule has 0 saturated carbocycles. The molecule has 0 unspecified atom stereocenters. The molecule has 3 rings (SSSR count). The van der Waals surface area contributed by atoms with Crippen molar-refractivity contribution in [2.24, 2.45) is 5.10 Å². The van der Waals surface area contributed by atoms with Crippen molar-refractivity contribution in [1.82, 2.24) is 14.9 Å². The predicted octanol–water partition coefficient (Wildman–Crippen LogP) is 4.94. The molecule has 27 heavy (non-hydrogen) atoms. The number of hydrogen-bond acceptors (Lipinski definition) is 5. The molecule has 0 amide bonds. The van der Waals surface area contributed by atoms with E-state index in [1.165, 1.54) is 11.1 Å². The summed E-state index contributed by atoms with van der Waals surface area (Å²) >= 11 is 1.62. The lowest BCUT2D eigenvalue weighted by atomic mass is 10.2. The number of hydrogen-bond donors (Lipinski definition) is 0. The molecule has 2 aromatic carbocycles. The van der Waals surface area contributed by atoms with Crippen molar-refractivity contribution >= 4 is 18.0 Å². The SMILES string of the molecule is CCCCOc1ccc(/C=N/n2cnnc2SCc2ccc(C)cc2)cc1. The van der Waals surface area contributed by atoms with Crippen LogP contribution in [-0.2, 0) is 5.75 Å². The third-order valence-corrected chi connectivity index (χ3v) is 4.97. The summed E-state index contributed by atoms with van der Waals surface area (Å²) < 4.78 is 7.38. The Bertz CT molecular complexity index is 857. The van der Waals surface area contributed by atoms with E-state index in [1.807, 2.05) is 24.3 Å². The summed E-state index contributed by atoms with van der Waals surface area (Å²) in [6.07, 6.45) is 5.62. The molecular weight excluding hydrogens is 356 g/mol. The van der Waals surface area contributed by atoms with E-state index in [0.29, 0.717) is 0 Å². The van der Waals surface area contributed by atoms with Crippen LogP contribution in [0.2, 0.25) is 0 Å². The highest BCUT2D eigenvalue weighted by Crippen LogP contribution is 2.21. The van der Waals surface area contributed by atoms with Crippen LogP contribution in [0.25, 0.3) is 0 Å². The molecule has 0 aliphatic carbocycles. The molecule has 0 aliphatic rings. The summed E-state index contributed by atoms with van der Waals surface area (Å²) in [5.41, 5.74) is 3.52. The molecular formula is C21H24N4OS. The first-order valence-electron chi connectivity index (χ1n) is 9.10. The summed E-state index contributed by atoms with van der Waals surface area (Å²) in [4.78, 5) is 0.